The van der Waals surface area contributed by atoms with Crippen molar-refractivity contribution in [2.45, 2.75) is 31.8 Å². The smallest absolute Gasteiger partial charge is 0.225 e. The van der Waals surface area contributed by atoms with Gasteiger partial charge in [0, 0.05) is 44.6 Å². The average Bonchev–Trinajstić information content (AvgIpc) is 3.28. The summed E-state index contributed by atoms with van der Waals surface area (Å²) < 4.78 is 19.0. The molecule has 2 aromatic heterocycles. The summed E-state index contributed by atoms with van der Waals surface area (Å²) in [6, 6.07) is 8.85. The van der Waals surface area contributed by atoms with Crippen molar-refractivity contribution in [3.63, 3.8) is 0 Å². The van der Waals surface area contributed by atoms with Crippen LogP contribution in [0.4, 0.5) is 10.3 Å². The minimum absolute atomic E-state index is 0.205. The molecule has 2 aliphatic rings. The number of halogens is 1. The number of ether oxygens (including phenoxy) is 1. The van der Waals surface area contributed by atoms with Gasteiger partial charge in [-0.2, -0.15) is 0 Å². The Morgan fingerprint density at radius 2 is 1.94 bits per heavy atom. The monoisotopic (exact) mass is 434 g/mol. The van der Waals surface area contributed by atoms with E-state index in [4.69, 9.17) is 14.7 Å². The molecule has 0 unspecified atom stereocenters. The first-order chi connectivity index (χ1) is 15.7. The Labute approximate surface area is 187 Å². The molecule has 8 heteroatoms. The van der Waals surface area contributed by atoms with Crippen LogP contribution in [0, 0.1) is 5.82 Å². The molecule has 2 fully saturated rings. The number of aromatic nitrogens is 4. The summed E-state index contributed by atoms with van der Waals surface area (Å²) in [6.07, 6.45) is 8.20. The fourth-order valence-corrected chi connectivity index (χ4v) is 4.47. The summed E-state index contributed by atoms with van der Waals surface area (Å²) >= 11 is 0. The molecule has 1 aromatic carbocycles. The van der Waals surface area contributed by atoms with Crippen molar-refractivity contribution in [2.24, 2.45) is 0 Å². The highest BCUT2D eigenvalue weighted by molar-refractivity contribution is 5.31. The van der Waals surface area contributed by atoms with Crippen LogP contribution < -0.4 is 4.90 Å². The second-order valence-electron chi connectivity index (χ2n) is 8.32. The predicted octanol–water partition coefficient (Wildman–Crippen LogP) is 3.17. The largest absolute Gasteiger partial charge is 0.378 e. The van der Waals surface area contributed by atoms with Gasteiger partial charge in [0.1, 0.15) is 5.82 Å². The number of rotatable bonds is 6. The Hall–Kier alpha value is -2.97. The fourth-order valence-electron chi connectivity index (χ4n) is 4.47. The van der Waals surface area contributed by atoms with E-state index < -0.39 is 0 Å². The number of hydrogen-bond acceptors (Lipinski definition) is 7. The highest BCUT2D eigenvalue weighted by Gasteiger charge is 2.28. The minimum Gasteiger partial charge on any atom is -0.378 e. The van der Waals surface area contributed by atoms with E-state index in [-0.39, 0.29) is 11.9 Å². The van der Waals surface area contributed by atoms with Gasteiger partial charge in [-0.25, -0.2) is 14.4 Å². The first kappa shape index (κ1) is 20.9. The molecule has 0 radical (unpaired) electrons. The predicted molar refractivity (Wildman–Crippen MR) is 119 cm³/mol. The van der Waals surface area contributed by atoms with Gasteiger partial charge >= 0.3 is 0 Å². The summed E-state index contributed by atoms with van der Waals surface area (Å²) in [5.74, 6) is 0.549. The SMILES string of the molecule is Fc1cccc(Cc2cncc([C@@H]3CCCN3Cc3ccnc(N4CCOCC4)n3)n2)c1. The number of hydrogen-bond donors (Lipinski definition) is 0. The van der Waals surface area contributed by atoms with Crippen molar-refractivity contribution in [2.75, 3.05) is 37.7 Å². The molecule has 3 aromatic rings. The van der Waals surface area contributed by atoms with E-state index in [1.807, 2.05) is 24.5 Å². The van der Waals surface area contributed by atoms with Crippen LogP contribution in [0.15, 0.2) is 48.9 Å². The van der Waals surface area contributed by atoms with Crippen LogP contribution >= 0.6 is 0 Å². The maximum atomic E-state index is 13.5. The summed E-state index contributed by atoms with van der Waals surface area (Å²) in [5, 5.41) is 0. The van der Waals surface area contributed by atoms with Gasteiger partial charge in [0.25, 0.3) is 0 Å². The third-order valence-electron chi connectivity index (χ3n) is 6.04. The topological polar surface area (TPSA) is 67.3 Å². The summed E-state index contributed by atoms with van der Waals surface area (Å²) in [6.45, 7) is 4.82. The summed E-state index contributed by atoms with van der Waals surface area (Å²) in [5.41, 5.74) is 3.74. The van der Waals surface area contributed by atoms with Crippen molar-refractivity contribution in [3.05, 3.63) is 77.4 Å². The summed E-state index contributed by atoms with van der Waals surface area (Å²) in [7, 11) is 0. The molecule has 32 heavy (non-hydrogen) atoms. The molecule has 2 saturated heterocycles. The molecule has 5 rings (SSSR count). The molecular formula is C24H27FN6O. The van der Waals surface area contributed by atoms with Crippen LogP contribution in [-0.4, -0.2) is 57.7 Å². The Balaban J connectivity index is 1.30. The lowest BCUT2D eigenvalue weighted by atomic mass is 10.1. The van der Waals surface area contributed by atoms with E-state index in [9.17, 15) is 4.39 Å². The van der Waals surface area contributed by atoms with E-state index in [0.717, 1.165) is 67.6 Å². The highest BCUT2D eigenvalue weighted by atomic mass is 19.1. The van der Waals surface area contributed by atoms with Crippen LogP contribution in [0.5, 0.6) is 0 Å². The molecule has 0 bridgehead atoms. The first-order valence-corrected chi connectivity index (χ1v) is 11.2. The molecule has 7 nitrogen and oxygen atoms in total. The van der Waals surface area contributed by atoms with Crippen molar-refractivity contribution in [1.82, 2.24) is 24.8 Å². The molecule has 0 aliphatic carbocycles. The van der Waals surface area contributed by atoms with Gasteiger partial charge in [-0.3, -0.25) is 14.9 Å². The molecule has 0 spiro atoms. The third kappa shape index (κ3) is 4.92. The number of morpholine rings is 1. The van der Waals surface area contributed by atoms with Crippen molar-refractivity contribution in [3.8, 4) is 0 Å². The molecule has 2 aliphatic heterocycles. The van der Waals surface area contributed by atoms with Crippen LogP contribution in [0.3, 0.4) is 0 Å². The Morgan fingerprint density at radius 3 is 2.81 bits per heavy atom. The fraction of sp³-hybridized carbons (Fsp3) is 0.417. The minimum atomic E-state index is -0.227. The molecule has 0 amide bonds. The molecule has 4 heterocycles. The van der Waals surface area contributed by atoms with E-state index >= 15 is 0 Å². The van der Waals surface area contributed by atoms with Gasteiger partial charge in [0.05, 0.1) is 36.3 Å². The number of nitrogens with zero attached hydrogens (tertiary/aromatic N) is 6. The quantitative estimate of drug-likeness (QED) is 0.590. The van der Waals surface area contributed by atoms with Gasteiger partial charge in [0.15, 0.2) is 0 Å². The summed E-state index contributed by atoms with van der Waals surface area (Å²) in [4.78, 5) is 23.2. The maximum Gasteiger partial charge on any atom is 0.225 e. The highest BCUT2D eigenvalue weighted by Crippen LogP contribution is 2.32. The van der Waals surface area contributed by atoms with Crippen LogP contribution in [0.25, 0.3) is 0 Å². The average molecular weight is 435 g/mol. The zero-order valence-corrected chi connectivity index (χ0v) is 18.0. The lowest BCUT2D eigenvalue weighted by molar-refractivity contribution is 0.122. The van der Waals surface area contributed by atoms with E-state index in [1.54, 1.807) is 18.3 Å². The lowest BCUT2D eigenvalue weighted by Gasteiger charge is -2.27. The van der Waals surface area contributed by atoms with E-state index in [2.05, 4.69) is 19.8 Å². The Kier molecular flexibility index (Phi) is 6.31. The second-order valence-corrected chi connectivity index (χ2v) is 8.32. The van der Waals surface area contributed by atoms with Crippen molar-refractivity contribution in [1.29, 1.82) is 0 Å². The van der Waals surface area contributed by atoms with Crippen molar-refractivity contribution >= 4 is 5.95 Å². The zero-order valence-electron chi connectivity index (χ0n) is 18.0. The van der Waals surface area contributed by atoms with Crippen LogP contribution in [0.2, 0.25) is 0 Å². The van der Waals surface area contributed by atoms with E-state index in [1.165, 1.54) is 6.07 Å². The first-order valence-electron chi connectivity index (χ1n) is 11.2. The van der Waals surface area contributed by atoms with Gasteiger partial charge in [-0.15, -0.1) is 0 Å². The normalized spacial score (nSPS) is 19.4. The van der Waals surface area contributed by atoms with Crippen LogP contribution in [0.1, 0.15) is 41.5 Å². The van der Waals surface area contributed by atoms with Gasteiger partial charge in [0.2, 0.25) is 5.95 Å². The molecule has 1 atom stereocenters. The Morgan fingerprint density at radius 1 is 1.03 bits per heavy atom. The van der Waals surface area contributed by atoms with Gasteiger partial charge < -0.3 is 9.64 Å². The van der Waals surface area contributed by atoms with E-state index in [0.29, 0.717) is 19.6 Å². The second kappa shape index (κ2) is 9.67. The molecular weight excluding hydrogens is 407 g/mol. The Bertz CT molecular complexity index is 1060. The number of anilines is 1. The van der Waals surface area contributed by atoms with Crippen LogP contribution in [-0.2, 0) is 17.7 Å². The van der Waals surface area contributed by atoms with Gasteiger partial charge in [-0.05, 0) is 43.1 Å². The number of likely N-dealkylation sites (tertiary alicyclic amines) is 1. The molecule has 0 N–H and O–H groups in total. The lowest BCUT2D eigenvalue weighted by Crippen LogP contribution is -2.37. The molecule has 0 saturated carbocycles. The molecule has 166 valence electrons. The zero-order chi connectivity index (χ0) is 21.8. The third-order valence-corrected chi connectivity index (χ3v) is 6.04. The van der Waals surface area contributed by atoms with Crippen molar-refractivity contribution < 1.29 is 9.13 Å². The standard InChI is InChI=1S/C24H27FN6O/c25-19-4-1-3-18(13-19)14-21-15-26-16-22(28-21)23-5-2-8-31(23)17-20-6-7-27-24(29-20)30-9-11-32-12-10-30/h1,3-4,6-7,13,15-16,23H,2,5,8-12,14,17H2/t23-/m0/s1. The maximum absolute atomic E-state index is 13.5. The number of benzene rings is 1. The van der Waals surface area contributed by atoms with Gasteiger partial charge in [-0.1, -0.05) is 12.1 Å².